The van der Waals surface area contributed by atoms with Crippen LogP contribution in [0.5, 0.6) is 0 Å². The summed E-state index contributed by atoms with van der Waals surface area (Å²) in [5.74, 6) is 1.88. The van der Waals surface area contributed by atoms with Crippen LogP contribution in [-0.4, -0.2) is 28.7 Å². The largest absolute Gasteiger partial charge is 0.334 e. The monoisotopic (exact) mass is 530 g/mol. The lowest BCUT2D eigenvalue weighted by atomic mass is 10.1. The van der Waals surface area contributed by atoms with Crippen molar-refractivity contribution < 1.29 is 0 Å². The highest BCUT2D eigenvalue weighted by molar-refractivity contribution is 6.11. The molecule has 0 bridgehead atoms. The lowest BCUT2D eigenvalue weighted by Gasteiger charge is -2.11. The van der Waals surface area contributed by atoms with Gasteiger partial charge in [-0.25, -0.2) is 9.97 Å². The average molecular weight is 531 g/mol. The Morgan fingerprint density at radius 1 is 0.561 bits per heavy atom. The van der Waals surface area contributed by atoms with Gasteiger partial charge in [0.05, 0.1) is 27.8 Å². The van der Waals surface area contributed by atoms with E-state index in [1.54, 1.807) is 0 Å². The van der Waals surface area contributed by atoms with E-state index in [1.165, 1.54) is 10.8 Å². The van der Waals surface area contributed by atoms with E-state index in [4.69, 9.17) is 4.98 Å². The zero-order valence-corrected chi connectivity index (χ0v) is 22.7. The minimum atomic E-state index is 0.936. The summed E-state index contributed by atoms with van der Waals surface area (Å²) in [6, 6.07) is 36.2. The molecule has 0 radical (unpaired) electrons. The third-order valence-electron chi connectivity index (χ3n) is 7.96. The van der Waals surface area contributed by atoms with E-state index in [-0.39, 0.29) is 0 Å². The molecule has 6 heteroatoms. The summed E-state index contributed by atoms with van der Waals surface area (Å²) < 4.78 is 6.58. The molecule has 0 saturated carbocycles. The van der Waals surface area contributed by atoms with Gasteiger partial charge in [-0.2, -0.15) is 0 Å². The highest BCUT2D eigenvalue weighted by Gasteiger charge is 2.18. The smallest absolute Gasteiger partial charge is 0.140 e. The molecule has 0 aliphatic rings. The number of hydrogen-bond donors (Lipinski definition) is 0. The Labute approximate surface area is 236 Å². The number of aromatic nitrogens is 6. The average Bonchev–Trinajstić information content (AvgIpc) is 3.70. The van der Waals surface area contributed by atoms with Crippen molar-refractivity contribution in [1.82, 2.24) is 28.7 Å². The first-order valence-electron chi connectivity index (χ1n) is 13.7. The van der Waals surface area contributed by atoms with Gasteiger partial charge in [-0.15, -0.1) is 0 Å². The molecule has 4 aromatic carbocycles. The van der Waals surface area contributed by atoms with Crippen molar-refractivity contribution in [2.24, 2.45) is 14.1 Å². The standard InChI is InChI=1S/C35H26N6/c1-39-19-18-37-34(39)24-13-15-27-28-16-14-25(35-38-30-11-3-4-12-31(30)40(35)2)22-33(28)41(32(27)21-24)26-9-7-8-23(20-26)29-10-5-6-17-36-29/h3-22H,1-2H3. The molecule has 0 aliphatic carbocycles. The van der Waals surface area contributed by atoms with Crippen LogP contribution in [0.4, 0.5) is 0 Å². The fourth-order valence-electron chi connectivity index (χ4n) is 5.96. The summed E-state index contributed by atoms with van der Waals surface area (Å²) in [6.07, 6.45) is 5.66. The molecular weight excluding hydrogens is 504 g/mol. The second-order valence-corrected chi connectivity index (χ2v) is 10.4. The lowest BCUT2D eigenvalue weighted by molar-refractivity contribution is 0.925. The van der Waals surface area contributed by atoms with Crippen LogP contribution in [0.25, 0.3) is 72.6 Å². The minimum absolute atomic E-state index is 0.936. The summed E-state index contributed by atoms with van der Waals surface area (Å²) in [4.78, 5) is 14.2. The Kier molecular flexibility index (Phi) is 5.15. The normalized spacial score (nSPS) is 11.7. The Morgan fingerprint density at radius 3 is 2.02 bits per heavy atom. The Bertz CT molecular complexity index is 2230. The van der Waals surface area contributed by atoms with E-state index in [9.17, 15) is 0 Å². The molecule has 0 N–H and O–H groups in total. The number of hydrogen-bond acceptors (Lipinski definition) is 3. The van der Waals surface area contributed by atoms with Crippen molar-refractivity contribution >= 4 is 32.8 Å². The number of fused-ring (bicyclic) bond motifs is 4. The predicted octanol–water partition coefficient (Wildman–Crippen LogP) is 7.80. The summed E-state index contributed by atoms with van der Waals surface area (Å²) in [5, 5.41) is 2.38. The molecule has 8 aromatic rings. The highest BCUT2D eigenvalue weighted by atomic mass is 15.1. The van der Waals surface area contributed by atoms with E-state index in [0.717, 1.165) is 61.8 Å². The van der Waals surface area contributed by atoms with E-state index in [2.05, 4.69) is 110 Å². The maximum absolute atomic E-state index is 4.99. The summed E-state index contributed by atoms with van der Waals surface area (Å²) in [7, 11) is 4.11. The van der Waals surface area contributed by atoms with Crippen molar-refractivity contribution in [3.05, 3.63) is 122 Å². The topological polar surface area (TPSA) is 53.5 Å². The van der Waals surface area contributed by atoms with Crippen LogP contribution in [0, 0.1) is 0 Å². The summed E-state index contributed by atoms with van der Waals surface area (Å²) in [6.45, 7) is 0. The van der Waals surface area contributed by atoms with Gasteiger partial charge < -0.3 is 13.7 Å². The van der Waals surface area contributed by atoms with Crippen molar-refractivity contribution in [3.8, 4) is 39.7 Å². The van der Waals surface area contributed by atoms with Crippen molar-refractivity contribution in [1.29, 1.82) is 0 Å². The SMILES string of the molecule is Cn1ccnc1-c1ccc2c3ccc(-c4nc5ccccc5n4C)cc3n(-c3cccc(-c4ccccn4)c3)c2c1. The van der Waals surface area contributed by atoms with Gasteiger partial charge in [0.2, 0.25) is 0 Å². The lowest BCUT2D eigenvalue weighted by Crippen LogP contribution is -1.97. The summed E-state index contributed by atoms with van der Waals surface area (Å²) >= 11 is 0. The zero-order chi connectivity index (χ0) is 27.5. The van der Waals surface area contributed by atoms with Gasteiger partial charge >= 0.3 is 0 Å². The molecule has 0 aliphatic heterocycles. The Morgan fingerprint density at radius 2 is 1.32 bits per heavy atom. The highest BCUT2D eigenvalue weighted by Crippen LogP contribution is 2.37. The van der Waals surface area contributed by atoms with Crippen LogP contribution in [-0.2, 0) is 14.1 Å². The Hall–Kier alpha value is -5.49. The second-order valence-electron chi connectivity index (χ2n) is 10.4. The molecule has 0 unspecified atom stereocenters. The van der Waals surface area contributed by atoms with Crippen LogP contribution < -0.4 is 0 Å². The third kappa shape index (κ3) is 3.68. The van der Waals surface area contributed by atoms with E-state index >= 15 is 0 Å². The molecule has 0 amide bonds. The molecule has 41 heavy (non-hydrogen) atoms. The molecule has 0 fully saturated rings. The molecule has 8 rings (SSSR count). The molecule has 196 valence electrons. The first kappa shape index (κ1) is 23.4. The first-order chi connectivity index (χ1) is 20.2. The second kappa shape index (κ2) is 9.03. The van der Waals surface area contributed by atoms with Gasteiger partial charge in [-0.1, -0.05) is 54.6 Å². The van der Waals surface area contributed by atoms with Gasteiger partial charge in [0.25, 0.3) is 0 Å². The van der Waals surface area contributed by atoms with E-state index in [1.807, 2.05) is 49.9 Å². The number of rotatable bonds is 4. The van der Waals surface area contributed by atoms with Crippen LogP contribution in [0.1, 0.15) is 0 Å². The number of nitrogens with zero attached hydrogens (tertiary/aromatic N) is 6. The number of pyridine rings is 1. The van der Waals surface area contributed by atoms with Crippen molar-refractivity contribution in [2.45, 2.75) is 0 Å². The number of aryl methyl sites for hydroxylation is 2. The molecule has 0 spiro atoms. The number of para-hydroxylation sites is 2. The van der Waals surface area contributed by atoms with Crippen LogP contribution in [0.2, 0.25) is 0 Å². The van der Waals surface area contributed by atoms with Crippen molar-refractivity contribution in [3.63, 3.8) is 0 Å². The fraction of sp³-hybridized carbons (Fsp3) is 0.0571. The van der Waals surface area contributed by atoms with Gasteiger partial charge in [0.1, 0.15) is 11.6 Å². The summed E-state index contributed by atoms with van der Waals surface area (Å²) in [5.41, 5.74) is 9.61. The van der Waals surface area contributed by atoms with Crippen LogP contribution in [0.3, 0.4) is 0 Å². The molecule has 4 aromatic heterocycles. The van der Waals surface area contributed by atoms with E-state index < -0.39 is 0 Å². The zero-order valence-electron chi connectivity index (χ0n) is 22.7. The van der Waals surface area contributed by atoms with Gasteiger partial charge in [-0.3, -0.25) is 4.98 Å². The molecule has 6 nitrogen and oxygen atoms in total. The van der Waals surface area contributed by atoms with Gasteiger partial charge in [-0.05, 0) is 48.5 Å². The van der Waals surface area contributed by atoms with Crippen LogP contribution >= 0.6 is 0 Å². The number of imidazole rings is 2. The fourth-order valence-corrected chi connectivity index (χ4v) is 5.96. The number of benzene rings is 4. The van der Waals surface area contributed by atoms with Crippen LogP contribution in [0.15, 0.2) is 122 Å². The quantitative estimate of drug-likeness (QED) is 0.233. The minimum Gasteiger partial charge on any atom is -0.334 e. The van der Waals surface area contributed by atoms with E-state index in [0.29, 0.717) is 0 Å². The molecule has 0 saturated heterocycles. The van der Waals surface area contributed by atoms with Gasteiger partial charge in [0, 0.05) is 65.8 Å². The van der Waals surface area contributed by atoms with Gasteiger partial charge in [0.15, 0.2) is 0 Å². The molecule has 0 atom stereocenters. The predicted molar refractivity (Wildman–Crippen MR) is 166 cm³/mol. The van der Waals surface area contributed by atoms with Crippen molar-refractivity contribution in [2.75, 3.05) is 0 Å². The maximum Gasteiger partial charge on any atom is 0.140 e. The molecular formula is C35H26N6. The maximum atomic E-state index is 4.99. The molecule has 4 heterocycles. The first-order valence-corrected chi connectivity index (χ1v) is 13.7. The third-order valence-corrected chi connectivity index (χ3v) is 7.96. The Balaban J connectivity index is 1.42.